The van der Waals surface area contributed by atoms with E-state index in [-0.39, 0.29) is 5.92 Å². The Bertz CT molecular complexity index is 357. The second kappa shape index (κ2) is 4.41. The molecule has 0 amide bonds. The van der Waals surface area contributed by atoms with E-state index in [1.807, 2.05) is 24.5 Å². The van der Waals surface area contributed by atoms with Crippen LogP contribution in [0.15, 0.2) is 29.1 Å². The molecule has 2 nitrogen and oxygen atoms in total. The van der Waals surface area contributed by atoms with Crippen LogP contribution in [0, 0.1) is 12.3 Å². The Balaban J connectivity index is 2.28. The summed E-state index contributed by atoms with van der Waals surface area (Å²) in [5.41, 5.74) is 1.53. The summed E-state index contributed by atoms with van der Waals surface area (Å²) in [4.78, 5) is 10.8. The summed E-state index contributed by atoms with van der Waals surface area (Å²) in [6.45, 7) is 0. The molecule has 0 aromatic rings. The summed E-state index contributed by atoms with van der Waals surface area (Å²) in [5, 5.41) is 10.1. The summed E-state index contributed by atoms with van der Waals surface area (Å²) in [6, 6.07) is 0. The van der Waals surface area contributed by atoms with Crippen LogP contribution >= 0.6 is 0 Å². The summed E-state index contributed by atoms with van der Waals surface area (Å²) < 4.78 is 0. The summed E-state index contributed by atoms with van der Waals surface area (Å²) in [6.07, 6.45) is 10.5. The van der Waals surface area contributed by atoms with Crippen molar-refractivity contribution in [2.45, 2.75) is 32.1 Å². The third kappa shape index (κ3) is 2.00. The second-order valence-electron chi connectivity index (χ2n) is 4.11. The Kier molecular flexibility index (Phi) is 2.98. The van der Waals surface area contributed by atoms with E-state index in [9.17, 15) is 9.90 Å². The highest BCUT2D eigenvalue weighted by Gasteiger charge is 2.27. The molecule has 2 rings (SSSR count). The number of aliphatic hydroxyl groups is 1. The fourth-order valence-electron chi connectivity index (χ4n) is 2.24. The van der Waals surface area contributed by atoms with Crippen molar-refractivity contribution in [1.82, 2.24) is 0 Å². The highest BCUT2D eigenvalue weighted by atomic mass is 16.3. The lowest BCUT2D eigenvalue weighted by atomic mass is 9.87. The van der Waals surface area contributed by atoms with Gasteiger partial charge in [0, 0.05) is 17.6 Å². The highest BCUT2D eigenvalue weighted by molar-refractivity contribution is 5.62. The van der Waals surface area contributed by atoms with E-state index in [1.165, 1.54) is 0 Å². The average Bonchev–Trinajstić information content (AvgIpc) is 2.81. The van der Waals surface area contributed by atoms with Gasteiger partial charge in [0.15, 0.2) is 0 Å². The predicted molar refractivity (Wildman–Crippen MR) is 58.9 cm³/mol. The second-order valence-corrected chi connectivity index (χ2v) is 4.11. The summed E-state index contributed by atoms with van der Waals surface area (Å²) >= 11 is 0. The van der Waals surface area contributed by atoms with Crippen molar-refractivity contribution in [2.75, 3.05) is 0 Å². The van der Waals surface area contributed by atoms with E-state index < -0.39 is 0 Å². The van der Waals surface area contributed by atoms with E-state index in [2.05, 4.69) is 0 Å². The lowest BCUT2D eigenvalue weighted by Crippen LogP contribution is -2.08. The van der Waals surface area contributed by atoms with Crippen molar-refractivity contribution in [1.29, 1.82) is 0 Å². The van der Waals surface area contributed by atoms with Crippen LogP contribution in [-0.2, 0) is 4.79 Å². The lowest BCUT2D eigenvalue weighted by molar-refractivity contribution is 0.347. The van der Waals surface area contributed by atoms with Crippen LogP contribution < -0.4 is 0 Å². The van der Waals surface area contributed by atoms with Crippen LogP contribution in [0.25, 0.3) is 0 Å². The van der Waals surface area contributed by atoms with E-state index in [0.717, 1.165) is 37.7 Å². The van der Waals surface area contributed by atoms with Crippen molar-refractivity contribution in [3.8, 4) is 0 Å². The third-order valence-corrected chi connectivity index (χ3v) is 3.12. The molecular weight excluding hydrogens is 188 g/mol. The molecule has 0 bridgehead atoms. The largest absolute Gasteiger partial charge is 0.509 e. The maximum atomic E-state index is 10.8. The first kappa shape index (κ1) is 10.1. The van der Waals surface area contributed by atoms with Gasteiger partial charge < -0.3 is 5.11 Å². The Hall–Kier alpha value is -1.40. The molecule has 2 heteroatoms. The van der Waals surface area contributed by atoms with Crippen LogP contribution in [0.5, 0.6) is 0 Å². The minimum atomic E-state index is 0.0847. The number of hydrogen-bond acceptors (Lipinski definition) is 2. The minimum absolute atomic E-state index is 0.0847. The molecule has 2 aliphatic carbocycles. The number of carbonyl (C=O) groups excluding carboxylic acids is 1. The first-order valence-corrected chi connectivity index (χ1v) is 5.49. The molecule has 0 heterocycles. The van der Waals surface area contributed by atoms with Crippen molar-refractivity contribution in [3.63, 3.8) is 0 Å². The Morgan fingerprint density at radius 1 is 1.47 bits per heavy atom. The maximum Gasteiger partial charge on any atom is 0.128 e. The normalized spacial score (nSPS) is 28.5. The molecule has 1 fully saturated rings. The molecule has 15 heavy (non-hydrogen) atoms. The van der Waals surface area contributed by atoms with Gasteiger partial charge in [0.1, 0.15) is 17.6 Å². The Morgan fingerprint density at radius 2 is 2.27 bits per heavy atom. The molecular formula is C13H15O2+. The maximum absolute atomic E-state index is 10.8. The van der Waals surface area contributed by atoms with Gasteiger partial charge in [0.25, 0.3) is 0 Å². The number of aliphatic hydroxyl groups excluding tert-OH is 1. The highest BCUT2D eigenvalue weighted by Crippen LogP contribution is 2.34. The molecule has 0 aromatic heterocycles. The van der Waals surface area contributed by atoms with Gasteiger partial charge in [-0.3, -0.25) is 0 Å². The van der Waals surface area contributed by atoms with Gasteiger partial charge in [-0.05, 0) is 25.7 Å². The lowest BCUT2D eigenvalue weighted by Gasteiger charge is -2.17. The molecule has 0 aliphatic heterocycles. The molecule has 1 saturated carbocycles. The van der Waals surface area contributed by atoms with E-state index in [1.54, 1.807) is 0 Å². The number of allylic oxidation sites excluding steroid dienone is 4. The number of rotatable bonds is 1. The predicted octanol–water partition coefficient (Wildman–Crippen LogP) is 2.91. The van der Waals surface area contributed by atoms with Gasteiger partial charge in [-0.25, -0.2) is 4.79 Å². The summed E-state index contributed by atoms with van der Waals surface area (Å²) in [7, 11) is 0. The molecule has 0 aromatic carbocycles. The van der Waals surface area contributed by atoms with Crippen LogP contribution in [0.3, 0.4) is 0 Å². The zero-order valence-electron chi connectivity index (χ0n) is 8.70. The fourth-order valence-corrected chi connectivity index (χ4v) is 2.24. The molecule has 0 spiro atoms. The molecule has 0 saturated heterocycles. The zero-order chi connectivity index (χ0) is 10.7. The van der Waals surface area contributed by atoms with Crippen LogP contribution in [-0.4, -0.2) is 11.0 Å². The molecule has 1 N–H and O–H groups in total. The van der Waals surface area contributed by atoms with E-state index in [4.69, 9.17) is 0 Å². The average molecular weight is 203 g/mol. The zero-order valence-corrected chi connectivity index (χ0v) is 8.70. The van der Waals surface area contributed by atoms with Crippen molar-refractivity contribution in [3.05, 3.63) is 35.5 Å². The van der Waals surface area contributed by atoms with Crippen molar-refractivity contribution < 1.29 is 9.90 Å². The summed E-state index contributed by atoms with van der Waals surface area (Å²) in [5.74, 6) is 2.44. The first-order chi connectivity index (χ1) is 7.33. The molecule has 2 aliphatic rings. The standard InChI is InChI=1S/C13H14O2/c14-9-11-7-3-4-8-12(11)13(15)10-5-1-2-6-10/h1-2,5,10H,3-4,6-8H2/p+1/b13-12-. The van der Waals surface area contributed by atoms with Gasteiger partial charge in [-0.2, -0.15) is 0 Å². The quantitative estimate of drug-likeness (QED) is 0.404. The van der Waals surface area contributed by atoms with Crippen molar-refractivity contribution in [2.24, 2.45) is 5.92 Å². The van der Waals surface area contributed by atoms with Crippen molar-refractivity contribution >= 4 is 5.94 Å². The van der Waals surface area contributed by atoms with Crippen LogP contribution in [0.4, 0.5) is 0 Å². The molecule has 0 radical (unpaired) electrons. The number of hydrogen-bond donors (Lipinski definition) is 1. The van der Waals surface area contributed by atoms with Gasteiger partial charge in [0.05, 0.1) is 18.6 Å². The molecule has 1 unspecified atom stereocenters. The monoisotopic (exact) mass is 203 g/mol. The Labute approximate surface area is 90.0 Å². The van der Waals surface area contributed by atoms with Crippen LogP contribution in [0.2, 0.25) is 0 Å². The van der Waals surface area contributed by atoms with Gasteiger partial charge in [-0.15, -0.1) is 0 Å². The smallest absolute Gasteiger partial charge is 0.128 e. The third-order valence-electron chi connectivity index (χ3n) is 3.12. The fraction of sp³-hybridized carbons (Fsp3) is 0.462. The molecule has 1 atom stereocenters. The van der Waals surface area contributed by atoms with Crippen LogP contribution in [0.1, 0.15) is 32.1 Å². The van der Waals surface area contributed by atoms with E-state index >= 15 is 0 Å². The SMILES string of the molecule is O=C=C1CCCC/C1=C(/O)C1C=C[CH+]C1. The topological polar surface area (TPSA) is 37.3 Å². The minimum Gasteiger partial charge on any atom is -0.509 e. The van der Waals surface area contributed by atoms with Gasteiger partial charge >= 0.3 is 0 Å². The van der Waals surface area contributed by atoms with Gasteiger partial charge in [-0.1, -0.05) is 0 Å². The van der Waals surface area contributed by atoms with E-state index in [0.29, 0.717) is 11.3 Å². The first-order valence-electron chi connectivity index (χ1n) is 5.49. The Morgan fingerprint density at radius 3 is 2.93 bits per heavy atom. The molecule has 78 valence electrons. The van der Waals surface area contributed by atoms with Gasteiger partial charge in [0.2, 0.25) is 0 Å².